The largest absolute Gasteiger partial charge is 0.375 e. The number of nitrogens with two attached hydrogens (primary N) is 1. The lowest BCUT2D eigenvalue weighted by Crippen LogP contribution is -2.33. The van der Waals surface area contributed by atoms with Crippen LogP contribution in [-0.2, 0) is 20.0 Å². The summed E-state index contributed by atoms with van der Waals surface area (Å²) in [6.07, 6.45) is 9.42. The summed E-state index contributed by atoms with van der Waals surface area (Å²) in [6.45, 7) is 3.31. The second-order valence-corrected chi connectivity index (χ2v) is 6.69. The average molecular weight is 328 g/mol. The maximum atomic E-state index is 5.68. The number of likely N-dealkylation sites (tertiary alicyclic amines) is 1. The first-order valence-corrected chi connectivity index (χ1v) is 7.91. The lowest BCUT2D eigenvalue weighted by molar-refractivity contribution is 0.176. The van der Waals surface area contributed by atoms with E-state index in [9.17, 15) is 0 Å². The molecule has 2 aromatic heterocycles. The monoisotopic (exact) mass is 327 g/mol. The van der Waals surface area contributed by atoms with Crippen LogP contribution < -0.4 is 5.73 Å². The molecular weight excluding hydrogens is 306 g/mol. The maximum Gasteiger partial charge on any atom is 0.180 e. The highest BCUT2D eigenvalue weighted by molar-refractivity contribution is 7.15. The summed E-state index contributed by atoms with van der Waals surface area (Å²) >= 11 is 1.60. The van der Waals surface area contributed by atoms with Gasteiger partial charge in [0.1, 0.15) is 5.82 Å². The third-order valence-corrected chi connectivity index (χ3v) is 4.86. The minimum Gasteiger partial charge on any atom is -0.375 e. The lowest BCUT2D eigenvalue weighted by Gasteiger charge is -2.31. The van der Waals surface area contributed by atoms with Gasteiger partial charge in [-0.25, -0.2) is 9.97 Å². The van der Waals surface area contributed by atoms with Crippen molar-refractivity contribution < 1.29 is 0 Å². The summed E-state index contributed by atoms with van der Waals surface area (Å²) < 4.78 is 2.13. The topological polar surface area (TPSA) is 60.0 Å². The number of aromatic nitrogens is 3. The third kappa shape index (κ3) is 4.18. The SMILES string of the molecule is Cl.Cn1ccnc1CC1CCN(Cc2cnc(N)s2)CC1. The van der Waals surface area contributed by atoms with Crippen LogP contribution >= 0.6 is 23.7 Å². The van der Waals surface area contributed by atoms with Crippen molar-refractivity contribution in [3.8, 4) is 0 Å². The number of hydrogen-bond acceptors (Lipinski definition) is 5. The highest BCUT2D eigenvalue weighted by atomic mass is 35.5. The first-order chi connectivity index (χ1) is 9.70. The van der Waals surface area contributed by atoms with Crippen LogP contribution in [-0.4, -0.2) is 32.5 Å². The number of hydrogen-bond donors (Lipinski definition) is 1. The molecule has 2 aromatic rings. The second kappa shape index (κ2) is 7.24. The Morgan fingerprint density at radius 3 is 2.67 bits per heavy atom. The Balaban J connectivity index is 0.00000161. The first kappa shape index (κ1) is 16.3. The van der Waals surface area contributed by atoms with Gasteiger partial charge in [0, 0.05) is 43.5 Å². The van der Waals surface area contributed by atoms with Crippen LogP contribution in [0.4, 0.5) is 5.13 Å². The normalized spacial score (nSPS) is 16.8. The number of halogens is 1. The zero-order chi connectivity index (χ0) is 13.9. The Morgan fingerprint density at radius 1 is 1.33 bits per heavy atom. The molecule has 1 fully saturated rings. The summed E-state index contributed by atoms with van der Waals surface area (Å²) in [4.78, 5) is 12.3. The molecule has 0 spiro atoms. The molecule has 0 bridgehead atoms. The van der Waals surface area contributed by atoms with E-state index >= 15 is 0 Å². The molecule has 1 aliphatic rings. The Hall–Kier alpha value is -1.11. The number of nitrogens with zero attached hydrogens (tertiary/aromatic N) is 4. The molecule has 0 amide bonds. The van der Waals surface area contributed by atoms with Crippen LogP contribution in [0.1, 0.15) is 23.5 Å². The number of aryl methyl sites for hydroxylation is 1. The molecule has 21 heavy (non-hydrogen) atoms. The van der Waals surface area contributed by atoms with Gasteiger partial charge in [0.15, 0.2) is 5.13 Å². The molecule has 0 saturated carbocycles. The summed E-state index contributed by atoms with van der Waals surface area (Å²) in [5.41, 5.74) is 5.68. The van der Waals surface area contributed by atoms with Gasteiger partial charge in [-0.1, -0.05) is 0 Å². The van der Waals surface area contributed by atoms with Gasteiger partial charge in [-0.2, -0.15) is 0 Å². The molecule has 5 nitrogen and oxygen atoms in total. The quantitative estimate of drug-likeness (QED) is 0.936. The molecule has 0 aromatic carbocycles. The predicted octanol–water partition coefficient (Wildman–Crippen LogP) is 2.34. The number of piperidine rings is 1. The second-order valence-electron chi connectivity index (χ2n) is 5.54. The van der Waals surface area contributed by atoms with E-state index < -0.39 is 0 Å². The molecule has 7 heteroatoms. The van der Waals surface area contributed by atoms with Crippen molar-refractivity contribution in [2.24, 2.45) is 13.0 Å². The van der Waals surface area contributed by atoms with Crippen molar-refractivity contribution >= 4 is 28.9 Å². The number of anilines is 1. The van der Waals surface area contributed by atoms with E-state index in [-0.39, 0.29) is 12.4 Å². The molecule has 0 radical (unpaired) electrons. The highest BCUT2D eigenvalue weighted by Crippen LogP contribution is 2.24. The Labute approximate surface area is 135 Å². The number of rotatable bonds is 4. The average Bonchev–Trinajstić information content (AvgIpc) is 3.02. The van der Waals surface area contributed by atoms with Crippen LogP contribution in [0.15, 0.2) is 18.6 Å². The maximum absolute atomic E-state index is 5.68. The summed E-state index contributed by atoms with van der Waals surface area (Å²) in [7, 11) is 2.08. The van der Waals surface area contributed by atoms with E-state index in [0.717, 1.165) is 32.0 Å². The van der Waals surface area contributed by atoms with Gasteiger partial charge in [0.25, 0.3) is 0 Å². The lowest BCUT2D eigenvalue weighted by atomic mass is 9.93. The van der Waals surface area contributed by atoms with Crippen molar-refractivity contribution in [2.75, 3.05) is 18.8 Å². The summed E-state index contributed by atoms with van der Waals surface area (Å²) in [5, 5.41) is 0.671. The predicted molar refractivity (Wildman–Crippen MR) is 88.7 cm³/mol. The Kier molecular flexibility index (Phi) is 5.61. The van der Waals surface area contributed by atoms with Gasteiger partial charge < -0.3 is 10.3 Å². The van der Waals surface area contributed by atoms with Crippen LogP contribution in [0.2, 0.25) is 0 Å². The van der Waals surface area contributed by atoms with E-state index in [4.69, 9.17) is 5.73 Å². The smallest absolute Gasteiger partial charge is 0.180 e. The third-order valence-electron chi connectivity index (χ3n) is 4.05. The number of imidazole rings is 1. The molecule has 1 saturated heterocycles. The molecule has 2 N–H and O–H groups in total. The van der Waals surface area contributed by atoms with Crippen molar-refractivity contribution in [3.05, 3.63) is 29.3 Å². The molecular formula is C14H22ClN5S. The van der Waals surface area contributed by atoms with E-state index in [1.54, 1.807) is 11.3 Å². The molecule has 0 unspecified atom stereocenters. The molecule has 1 aliphatic heterocycles. The first-order valence-electron chi connectivity index (χ1n) is 7.09. The van der Waals surface area contributed by atoms with E-state index in [0.29, 0.717) is 5.13 Å². The van der Waals surface area contributed by atoms with Gasteiger partial charge in [0.05, 0.1) is 0 Å². The van der Waals surface area contributed by atoms with Gasteiger partial charge >= 0.3 is 0 Å². The molecule has 116 valence electrons. The number of thiazole rings is 1. The zero-order valence-electron chi connectivity index (χ0n) is 12.2. The van der Waals surface area contributed by atoms with Crippen molar-refractivity contribution in [2.45, 2.75) is 25.8 Å². The minimum atomic E-state index is 0. The van der Waals surface area contributed by atoms with Gasteiger partial charge in [-0.3, -0.25) is 4.90 Å². The Bertz CT molecular complexity index is 559. The van der Waals surface area contributed by atoms with E-state index in [2.05, 4.69) is 26.5 Å². The van der Waals surface area contributed by atoms with Crippen molar-refractivity contribution in [1.29, 1.82) is 0 Å². The van der Waals surface area contributed by atoms with Gasteiger partial charge in [-0.15, -0.1) is 23.7 Å². The van der Waals surface area contributed by atoms with Crippen molar-refractivity contribution in [1.82, 2.24) is 19.4 Å². The number of nitrogen functional groups attached to an aromatic ring is 1. The van der Waals surface area contributed by atoms with Crippen LogP contribution in [0.5, 0.6) is 0 Å². The summed E-state index contributed by atoms with van der Waals surface area (Å²) in [6, 6.07) is 0. The fraction of sp³-hybridized carbons (Fsp3) is 0.571. The zero-order valence-corrected chi connectivity index (χ0v) is 13.9. The molecule has 3 rings (SSSR count). The molecule has 3 heterocycles. The summed E-state index contributed by atoms with van der Waals surface area (Å²) in [5.74, 6) is 1.97. The fourth-order valence-electron chi connectivity index (χ4n) is 2.82. The standard InChI is InChI=1S/C14H21N5S.ClH/c1-18-7-4-16-13(18)8-11-2-5-19(6-3-11)10-12-9-17-14(15)20-12;/h4,7,9,11H,2-3,5-6,8,10H2,1H3,(H2,15,17);1H. The molecule has 0 aliphatic carbocycles. The fourth-order valence-corrected chi connectivity index (χ4v) is 3.54. The van der Waals surface area contributed by atoms with Crippen LogP contribution in [0.25, 0.3) is 0 Å². The van der Waals surface area contributed by atoms with Crippen LogP contribution in [0.3, 0.4) is 0 Å². The van der Waals surface area contributed by atoms with E-state index in [1.807, 2.05) is 18.6 Å². The minimum absolute atomic E-state index is 0. The molecule has 0 atom stereocenters. The van der Waals surface area contributed by atoms with Gasteiger partial charge in [0.2, 0.25) is 0 Å². The van der Waals surface area contributed by atoms with Gasteiger partial charge in [-0.05, 0) is 31.8 Å². The van der Waals surface area contributed by atoms with E-state index in [1.165, 1.54) is 23.5 Å². The van der Waals surface area contributed by atoms with Crippen LogP contribution in [0, 0.1) is 5.92 Å². The van der Waals surface area contributed by atoms with Crippen molar-refractivity contribution in [3.63, 3.8) is 0 Å². The Morgan fingerprint density at radius 2 is 2.10 bits per heavy atom. The highest BCUT2D eigenvalue weighted by Gasteiger charge is 2.21.